The van der Waals surface area contributed by atoms with Gasteiger partial charge in [0.25, 0.3) is 5.66 Å². The Morgan fingerprint density at radius 3 is 2.77 bits per heavy atom. The van der Waals surface area contributed by atoms with Crippen molar-refractivity contribution in [2.24, 2.45) is 0 Å². The molecule has 2 N–H and O–H groups in total. The summed E-state index contributed by atoms with van der Waals surface area (Å²) in [6.45, 7) is 3.64. The van der Waals surface area contributed by atoms with E-state index in [0.717, 1.165) is 31.4 Å². The number of hydrogen-bond donors (Lipinski definition) is 2. The number of fused-ring (bicyclic) bond motifs is 1. The van der Waals surface area contributed by atoms with Gasteiger partial charge in [-0.05, 0) is 17.6 Å². The van der Waals surface area contributed by atoms with Crippen LogP contribution in [0.15, 0.2) is 0 Å². The zero-order valence-corrected chi connectivity index (χ0v) is 8.19. The second-order valence-electron chi connectivity index (χ2n) is 4.40. The summed E-state index contributed by atoms with van der Waals surface area (Å²) in [6, 6.07) is 0.0359. The van der Waals surface area contributed by atoms with Gasteiger partial charge in [0.15, 0.2) is 0 Å². The Balaban J connectivity index is 2.36. The van der Waals surface area contributed by atoms with Gasteiger partial charge in [0.2, 0.25) is 5.71 Å². The molecule has 1 aliphatic heterocycles. The maximum atomic E-state index is 9.83. The molecule has 1 saturated carbocycles. The average molecular weight is 185 g/mol. The molecule has 4 heteroatoms. The van der Waals surface area contributed by atoms with Crippen molar-refractivity contribution >= 4 is 5.71 Å². The molecule has 2 aliphatic rings. The highest BCUT2D eigenvalue weighted by Gasteiger charge is 2.55. The van der Waals surface area contributed by atoms with Gasteiger partial charge in [0.05, 0.1) is 0 Å². The molecule has 0 amide bonds. The maximum absolute atomic E-state index is 9.83. The van der Waals surface area contributed by atoms with Crippen LogP contribution in [0.4, 0.5) is 0 Å². The molecule has 1 fully saturated rings. The Labute approximate surface area is 78.0 Å². The first-order valence-corrected chi connectivity index (χ1v) is 4.88. The van der Waals surface area contributed by atoms with Crippen LogP contribution in [0, 0.1) is 0 Å². The van der Waals surface area contributed by atoms with Gasteiger partial charge in [-0.25, -0.2) is 0 Å². The smallest absolute Gasteiger partial charge is 0.282 e. The predicted octanol–water partition coefficient (Wildman–Crippen LogP) is 1.21. The van der Waals surface area contributed by atoms with Crippen LogP contribution in [-0.4, -0.2) is 37.6 Å². The fourth-order valence-corrected chi connectivity index (χ4v) is 2.32. The van der Waals surface area contributed by atoms with Crippen LogP contribution in [0.1, 0.15) is 39.5 Å². The molecule has 74 valence electrons. The molecule has 13 heavy (non-hydrogen) atoms. The number of hydroxylamine groups is 3. The SMILES string of the molecule is CC1(C)N(O)C2CCCCC2=[N+]1O. The Morgan fingerprint density at radius 2 is 2.15 bits per heavy atom. The number of nitrogens with zero attached hydrogens (tertiary/aromatic N) is 2. The van der Waals surface area contributed by atoms with Gasteiger partial charge >= 0.3 is 0 Å². The van der Waals surface area contributed by atoms with E-state index in [2.05, 4.69) is 0 Å². The van der Waals surface area contributed by atoms with Crippen LogP contribution >= 0.6 is 0 Å². The third-order valence-corrected chi connectivity index (χ3v) is 3.19. The van der Waals surface area contributed by atoms with Crippen LogP contribution in [0.2, 0.25) is 0 Å². The summed E-state index contributed by atoms with van der Waals surface area (Å²) < 4.78 is 1.23. The summed E-state index contributed by atoms with van der Waals surface area (Å²) in [5, 5.41) is 20.9. The molecule has 2 rings (SSSR count). The fraction of sp³-hybridized carbons (Fsp3) is 0.889. The number of rotatable bonds is 0. The van der Waals surface area contributed by atoms with E-state index < -0.39 is 5.66 Å². The fourth-order valence-electron chi connectivity index (χ4n) is 2.32. The highest BCUT2D eigenvalue weighted by molar-refractivity contribution is 5.86. The first-order chi connectivity index (χ1) is 6.05. The lowest BCUT2D eigenvalue weighted by Crippen LogP contribution is -2.47. The van der Waals surface area contributed by atoms with Crippen molar-refractivity contribution in [3.05, 3.63) is 0 Å². The first kappa shape index (κ1) is 8.97. The van der Waals surface area contributed by atoms with Gasteiger partial charge in [-0.1, -0.05) is 6.42 Å². The van der Waals surface area contributed by atoms with Gasteiger partial charge < -0.3 is 5.21 Å². The minimum absolute atomic E-state index is 0.0359. The molecule has 0 radical (unpaired) electrons. The van der Waals surface area contributed by atoms with Crippen molar-refractivity contribution in [2.45, 2.75) is 51.2 Å². The first-order valence-electron chi connectivity index (χ1n) is 4.88. The van der Waals surface area contributed by atoms with E-state index in [1.165, 1.54) is 9.80 Å². The Kier molecular flexibility index (Phi) is 1.85. The topological polar surface area (TPSA) is 46.7 Å². The maximum Gasteiger partial charge on any atom is 0.282 e. The van der Waals surface area contributed by atoms with Crippen molar-refractivity contribution in [2.75, 3.05) is 0 Å². The van der Waals surface area contributed by atoms with Gasteiger partial charge in [-0.15, -0.1) is 5.06 Å². The summed E-state index contributed by atoms with van der Waals surface area (Å²) in [4.78, 5) is 0. The Morgan fingerprint density at radius 1 is 1.46 bits per heavy atom. The lowest BCUT2D eigenvalue weighted by Gasteiger charge is -2.24. The summed E-state index contributed by atoms with van der Waals surface area (Å²) in [5.74, 6) is 0. The van der Waals surface area contributed by atoms with Gasteiger partial charge in [-0.3, -0.25) is 5.21 Å². The van der Waals surface area contributed by atoms with E-state index in [1.807, 2.05) is 13.8 Å². The third kappa shape index (κ3) is 1.09. The second-order valence-corrected chi connectivity index (χ2v) is 4.40. The minimum Gasteiger partial charge on any atom is -0.307 e. The van der Waals surface area contributed by atoms with Gasteiger partial charge in [-0.2, -0.15) is 0 Å². The van der Waals surface area contributed by atoms with Crippen molar-refractivity contribution in [1.82, 2.24) is 5.06 Å². The van der Waals surface area contributed by atoms with Crippen LogP contribution in [0.5, 0.6) is 0 Å². The number of hydrogen-bond acceptors (Lipinski definition) is 3. The third-order valence-electron chi connectivity index (χ3n) is 3.19. The van der Waals surface area contributed by atoms with Gasteiger partial charge in [0, 0.05) is 20.3 Å². The van der Waals surface area contributed by atoms with Crippen molar-refractivity contribution in [3.63, 3.8) is 0 Å². The molecule has 1 atom stereocenters. The highest BCUT2D eigenvalue weighted by atomic mass is 16.6. The Hall–Kier alpha value is -0.610. The highest BCUT2D eigenvalue weighted by Crippen LogP contribution is 2.31. The summed E-state index contributed by atoms with van der Waals surface area (Å²) in [5.41, 5.74) is 0.309. The predicted molar refractivity (Wildman–Crippen MR) is 47.0 cm³/mol. The summed E-state index contributed by atoms with van der Waals surface area (Å²) in [7, 11) is 0. The van der Waals surface area contributed by atoms with Crippen molar-refractivity contribution < 1.29 is 15.2 Å². The summed E-state index contributed by atoms with van der Waals surface area (Å²) >= 11 is 0. The molecule has 0 saturated heterocycles. The molecule has 1 heterocycles. The standard InChI is InChI=1S/C9H17N2O2/c1-9(2)10(12)7-5-3-4-6-8(7)11(9)13/h7,12-13H,3-6H2,1-2H3/q+1. The largest absolute Gasteiger partial charge is 0.307 e. The molecule has 0 aromatic carbocycles. The van der Waals surface area contributed by atoms with Crippen LogP contribution in [-0.2, 0) is 0 Å². The van der Waals surface area contributed by atoms with Crippen LogP contribution in [0.25, 0.3) is 0 Å². The van der Waals surface area contributed by atoms with E-state index >= 15 is 0 Å². The van der Waals surface area contributed by atoms with Crippen LogP contribution in [0.3, 0.4) is 0 Å². The molecule has 4 nitrogen and oxygen atoms in total. The molecule has 0 spiro atoms. The van der Waals surface area contributed by atoms with E-state index in [1.54, 1.807) is 0 Å². The molecule has 1 unspecified atom stereocenters. The zero-order valence-electron chi connectivity index (χ0n) is 8.19. The molecular formula is C9H17N2O2+. The van der Waals surface area contributed by atoms with E-state index in [4.69, 9.17) is 0 Å². The average Bonchev–Trinajstić information content (AvgIpc) is 2.30. The van der Waals surface area contributed by atoms with Gasteiger partial charge in [0.1, 0.15) is 6.04 Å². The summed E-state index contributed by atoms with van der Waals surface area (Å²) in [6.07, 6.45) is 4.11. The molecule has 0 aromatic rings. The lowest BCUT2D eigenvalue weighted by molar-refractivity contribution is -0.836. The molecule has 1 aliphatic carbocycles. The zero-order chi connectivity index (χ0) is 9.64. The Bertz CT molecular complexity index is 260. The van der Waals surface area contributed by atoms with E-state index in [0.29, 0.717) is 0 Å². The van der Waals surface area contributed by atoms with E-state index in [9.17, 15) is 10.4 Å². The monoisotopic (exact) mass is 185 g/mol. The molecule has 0 aromatic heterocycles. The second kappa shape index (κ2) is 2.69. The van der Waals surface area contributed by atoms with Crippen molar-refractivity contribution in [1.29, 1.82) is 0 Å². The van der Waals surface area contributed by atoms with Crippen molar-refractivity contribution in [3.8, 4) is 0 Å². The molecular weight excluding hydrogens is 168 g/mol. The molecule has 0 bridgehead atoms. The normalized spacial score (nSPS) is 33.6. The quantitative estimate of drug-likeness (QED) is 0.440. The minimum atomic E-state index is -0.662. The lowest BCUT2D eigenvalue weighted by atomic mass is 9.94. The van der Waals surface area contributed by atoms with Crippen LogP contribution < -0.4 is 0 Å². The van der Waals surface area contributed by atoms with E-state index in [-0.39, 0.29) is 6.04 Å².